The summed E-state index contributed by atoms with van der Waals surface area (Å²) in [4.78, 5) is 26.1. The number of aromatic carboxylic acids is 1. The Morgan fingerprint density at radius 2 is 1.89 bits per heavy atom. The summed E-state index contributed by atoms with van der Waals surface area (Å²) in [6, 6.07) is 12.3. The van der Waals surface area contributed by atoms with E-state index in [0.717, 1.165) is 37.7 Å². The Kier molecular flexibility index (Phi) is 7.43. The molecule has 4 rings (SSSR count). The van der Waals surface area contributed by atoms with Gasteiger partial charge in [-0.3, -0.25) is 4.79 Å². The van der Waals surface area contributed by atoms with Gasteiger partial charge in [-0.05, 0) is 92.2 Å². The van der Waals surface area contributed by atoms with Crippen LogP contribution in [0.25, 0.3) is 0 Å². The fraction of sp³-hybridized carbons (Fsp3) is 0.500. The molecule has 6 nitrogen and oxygen atoms in total. The van der Waals surface area contributed by atoms with Crippen LogP contribution in [0.5, 0.6) is 5.75 Å². The van der Waals surface area contributed by atoms with Crippen LogP contribution in [0, 0.1) is 11.3 Å². The van der Waals surface area contributed by atoms with Crippen LogP contribution in [0.3, 0.4) is 0 Å². The zero-order valence-corrected chi connectivity index (χ0v) is 21.2. The predicted octanol–water partition coefficient (Wildman–Crippen LogP) is 5.30. The van der Waals surface area contributed by atoms with Crippen molar-refractivity contribution in [1.82, 2.24) is 4.90 Å². The lowest BCUT2D eigenvalue weighted by atomic mass is 9.56. The molecule has 1 atom stereocenters. The Morgan fingerprint density at radius 3 is 2.51 bits per heavy atom. The first-order valence-corrected chi connectivity index (χ1v) is 12.7. The second-order valence-corrected chi connectivity index (χ2v) is 10.8. The number of aryl methyl sites for hydroxylation is 1. The summed E-state index contributed by atoms with van der Waals surface area (Å²) in [5.41, 5.74) is 0.516. The number of carbonyl (C=O) groups is 2. The summed E-state index contributed by atoms with van der Waals surface area (Å²) in [7, 11) is 1.57. The zero-order valence-electron chi connectivity index (χ0n) is 20.4. The molecule has 1 aliphatic heterocycles. The molecule has 0 aromatic heterocycles. The average Bonchev–Trinajstić information content (AvgIpc) is 2.82. The van der Waals surface area contributed by atoms with E-state index in [4.69, 9.17) is 21.4 Å². The molecule has 1 saturated carbocycles. The number of methoxy groups -OCH3 is 1. The van der Waals surface area contributed by atoms with Crippen LogP contribution < -0.4 is 4.74 Å². The Morgan fingerprint density at radius 1 is 1.17 bits per heavy atom. The van der Waals surface area contributed by atoms with E-state index in [-0.39, 0.29) is 11.5 Å². The Balaban J connectivity index is 1.23. The van der Waals surface area contributed by atoms with Crippen LogP contribution in [0.15, 0.2) is 42.5 Å². The fourth-order valence-corrected chi connectivity index (χ4v) is 6.09. The molecule has 1 aliphatic carbocycles. The van der Waals surface area contributed by atoms with Crippen molar-refractivity contribution in [3.8, 4) is 5.75 Å². The summed E-state index contributed by atoms with van der Waals surface area (Å²) in [6.07, 6.45) is 7.45. The molecule has 1 saturated heterocycles. The number of halogens is 1. The predicted molar refractivity (Wildman–Crippen MR) is 135 cm³/mol. The lowest BCUT2D eigenvalue weighted by molar-refractivity contribution is -0.154. The highest BCUT2D eigenvalue weighted by Gasteiger charge is 2.47. The summed E-state index contributed by atoms with van der Waals surface area (Å²) in [5.74, 6) is 0.0713. The quantitative estimate of drug-likeness (QED) is 0.515. The molecular formula is C28H34ClNO5. The smallest absolute Gasteiger partial charge is 0.337 e. The molecule has 1 unspecified atom stereocenters. The normalized spacial score (nSPS) is 19.1. The number of aliphatic hydroxyl groups is 1. The first-order valence-electron chi connectivity index (χ1n) is 12.3. The van der Waals surface area contributed by atoms with E-state index in [0.29, 0.717) is 40.8 Å². The largest absolute Gasteiger partial charge is 0.497 e. The van der Waals surface area contributed by atoms with E-state index in [1.165, 1.54) is 12.8 Å². The van der Waals surface area contributed by atoms with E-state index < -0.39 is 11.6 Å². The van der Waals surface area contributed by atoms with Crippen LogP contribution in [0.2, 0.25) is 5.02 Å². The van der Waals surface area contributed by atoms with E-state index in [1.54, 1.807) is 50.4 Å². The first kappa shape index (κ1) is 25.5. The van der Waals surface area contributed by atoms with Gasteiger partial charge in [0.1, 0.15) is 5.75 Å². The Bertz CT molecular complexity index is 1080. The number of rotatable bonds is 8. The van der Waals surface area contributed by atoms with Crippen molar-refractivity contribution in [3.63, 3.8) is 0 Å². The van der Waals surface area contributed by atoms with Gasteiger partial charge in [0, 0.05) is 13.1 Å². The van der Waals surface area contributed by atoms with Gasteiger partial charge >= 0.3 is 5.97 Å². The maximum atomic E-state index is 13.2. The number of piperidine rings is 1. The maximum absolute atomic E-state index is 13.2. The molecule has 1 amide bonds. The topological polar surface area (TPSA) is 87.1 Å². The van der Waals surface area contributed by atoms with Gasteiger partial charge in [-0.15, -0.1) is 0 Å². The molecule has 7 heteroatoms. The van der Waals surface area contributed by atoms with E-state index in [2.05, 4.69) is 0 Å². The average molecular weight is 500 g/mol. The lowest BCUT2D eigenvalue weighted by Gasteiger charge is -2.53. The minimum Gasteiger partial charge on any atom is -0.497 e. The number of hydrogen-bond donors (Lipinski definition) is 2. The van der Waals surface area contributed by atoms with Crippen molar-refractivity contribution in [3.05, 3.63) is 64.2 Å². The summed E-state index contributed by atoms with van der Waals surface area (Å²) in [5, 5.41) is 20.4. The molecule has 1 heterocycles. The molecule has 188 valence electrons. The lowest BCUT2D eigenvalue weighted by Crippen LogP contribution is -2.53. The number of ether oxygens (including phenoxy) is 1. The van der Waals surface area contributed by atoms with Crippen molar-refractivity contribution in [2.75, 3.05) is 20.2 Å². The highest BCUT2D eigenvalue weighted by Crippen LogP contribution is 2.54. The third kappa shape index (κ3) is 5.49. The van der Waals surface area contributed by atoms with Crippen LogP contribution in [0.4, 0.5) is 0 Å². The van der Waals surface area contributed by atoms with Crippen molar-refractivity contribution < 1.29 is 24.5 Å². The number of carboxylic acid groups (broad SMARTS) is 1. The Hall–Kier alpha value is -2.57. The molecule has 1 spiro atoms. The summed E-state index contributed by atoms with van der Waals surface area (Å²) in [6.45, 7) is 2.93. The van der Waals surface area contributed by atoms with Gasteiger partial charge in [0.05, 0.1) is 17.7 Å². The van der Waals surface area contributed by atoms with Gasteiger partial charge in [-0.1, -0.05) is 36.2 Å². The van der Waals surface area contributed by atoms with Crippen molar-refractivity contribution in [2.45, 2.75) is 57.5 Å². The van der Waals surface area contributed by atoms with Gasteiger partial charge in [0.15, 0.2) is 5.60 Å². The number of hydrogen-bond acceptors (Lipinski definition) is 4. The third-order valence-electron chi connectivity index (χ3n) is 7.94. The molecule has 0 bridgehead atoms. The third-order valence-corrected chi connectivity index (χ3v) is 8.26. The SMILES string of the molecule is COc1cccc(C(C)(O)C(=O)N2CCC3(CC2)CC(CCCc2ccc(C(=O)O)c(Cl)c2)C3)c1. The number of benzene rings is 2. The summed E-state index contributed by atoms with van der Waals surface area (Å²) < 4.78 is 5.24. The summed E-state index contributed by atoms with van der Waals surface area (Å²) >= 11 is 6.08. The first-order chi connectivity index (χ1) is 16.6. The number of amides is 1. The van der Waals surface area contributed by atoms with Crippen molar-refractivity contribution in [1.29, 1.82) is 0 Å². The van der Waals surface area contributed by atoms with E-state index in [1.807, 2.05) is 11.0 Å². The van der Waals surface area contributed by atoms with Gasteiger partial charge in [0.25, 0.3) is 5.91 Å². The molecule has 2 aromatic carbocycles. The Labute approximate surface area is 211 Å². The van der Waals surface area contributed by atoms with Crippen LogP contribution >= 0.6 is 11.6 Å². The van der Waals surface area contributed by atoms with E-state index in [9.17, 15) is 14.7 Å². The monoisotopic (exact) mass is 499 g/mol. The second kappa shape index (κ2) is 10.2. The molecule has 2 N–H and O–H groups in total. The van der Waals surface area contributed by atoms with Gasteiger partial charge in [0.2, 0.25) is 0 Å². The molecular weight excluding hydrogens is 466 g/mol. The minimum atomic E-state index is -1.58. The van der Waals surface area contributed by atoms with Crippen LogP contribution in [-0.4, -0.2) is 47.2 Å². The molecule has 35 heavy (non-hydrogen) atoms. The molecule has 2 aromatic rings. The second-order valence-electron chi connectivity index (χ2n) is 10.4. The van der Waals surface area contributed by atoms with Crippen molar-refractivity contribution in [2.24, 2.45) is 11.3 Å². The molecule has 2 fully saturated rings. The number of carbonyl (C=O) groups excluding carboxylic acids is 1. The van der Waals surface area contributed by atoms with Crippen molar-refractivity contribution >= 4 is 23.5 Å². The van der Waals surface area contributed by atoms with Crippen LogP contribution in [-0.2, 0) is 16.8 Å². The van der Waals surface area contributed by atoms with E-state index >= 15 is 0 Å². The van der Waals surface area contributed by atoms with Crippen LogP contribution in [0.1, 0.15) is 66.9 Å². The standard InChI is InChI=1S/C28H34ClNO5/c1-27(34,21-7-4-8-22(16-21)35-2)26(33)30-13-11-28(12-14-30)17-20(18-28)6-3-5-19-9-10-23(25(31)32)24(29)15-19/h4,7-10,15-16,20,34H,3,5-6,11-14,17-18H2,1-2H3,(H,31,32). The number of carboxylic acids is 1. The highest BCUT2D eigenvalue weighted by molar-refractivity contribution is 6.33. The highest BCUT2D eigenvalue weighted by atomic mass is 35.5. The molecule has 2 aliphatic rings. The zero-order chi connectivity index (χ0) is 25.2. The molecule has 0 radical (unpaired) electrons. The number of likely N-dealkylation sites (tertiary alicyclic amines) is 1. The van der Waals surface area contributed by atoms with Gasteiger partial charge in [-0.25, -0.2) is 4.79 Å². The fourth-order valence-electron chi connectivity index (χ4n) is 5.80. The maximum Gasteiger partial charge on any atom is 0.337 e. The van der Waals surface area contributed by atoms with Gasteiger partial charge < -0.3 is 19.8 Å². The minimum absolute atomic E-state index is 0.145. The number of nitrogens with zero attached hydrogens (tertiary/aromatic N) is 1. The van der Waals surface area contributed by atoms with Gasteiger partial charge in [-0.2, -0.15) is 0 Å².